The van der Waals surface area contributed by atoms with E-state index in [2.05, 4.69) is 20.2 Å². The van der Waals surface area contributed by atoms with Crippen molar-refractivity contribution in [2.75, 3.05) is 10.0 Å². The van der Waals surface area contributed by atoms with Crippen molar-refractivity contribution in [2.24, 2.45) is 0 Å². The number of sulfonamides is 1. The number of carbonyl (C=O) groups is 1. The van der Waals surface area contributed by atoms with Crippen LogP contribution in [0.3, 0.4) is 0 Å². The Balaban J connectivity index is 1.60. The van der Waals surface area contributed by atoms with Crippen LogP contribution in [0.1, 0.15) is 18.4 Å². The van der Waals surface area contributed by atoms with Gasteiger partial charge in [0.05, 0.1) is 11.4 Å². The molecule has 0 saturated heterocycles. The second-order valence-corrected chi connectivity index (χ2v) is 8.73. The van der Waals surface area contributed by atoms with E-state index in [1.807, 2.05) is 0 Å². The van der Waals surface area contributed by atoms with E-state index < -0.39 is 16.1 Å². The van der Waals surface area contributed by atoms with Crippen molar-refractivity contribution in [3.05, 3.63) is 35.0 Å². The molecular formula is C17H16N4O5S2. The SMILES string of the molecule is Cc1noc(C)c1S(=O)(=O)Nc1nc(-c2ccc3c(c2)NC(=O)C(C)O3)cs1. The van der Waals surface area contributed by atoms with Crippen molar-refractivity contribution >= 4 is 38.1 Å². The Kier molecular flexibility index (Phi) is 4.35. The van der Waals surface area contributed by atoms with Gasteiger partial charge in [-0.3, -0.25) is 9.52 Å². The Hall–Kier alpha value is -2.92. The van der Waals surface area contributed by atoms with Crippen molar-refractivity contribution in [1.82, 2.24) is 10.1 Å². The highest BCUT2D eigenvalue weighted by molar-refractivity contribution is 7.93. The summed E-state index contributed by atoms with van der Waals surface area (Å²) in [4.78, 5) is 16.1. The molecule has 3 heterocycles. The molecule has 2 N–H and O–H groups in total. The molecule has 146 valence electrons. The number of carbonyl (C=O) groups excluding carboxylic acids is 1. The largest absolute Gasteiger partial charge is 0.479 e. The predicted molar refractivity (Wildman–Crippen MR) is 103 cm³/mol. The molecule has 1 aliphatic rings. The molecule has 1 aliphatic heterocycles. The summed E-state index contributed by atoms with van der Waals surface area (Å²) in [6.07, 6.45) is -0.553. The fourth-order valence-electron chi connectivity index (χ4n) is 2.85. The highest BCUT2D eigenvalue weighted by Crippen LogP contribution is 2.35. The van der Waals surface area contributed by atoms with Gasteiger partial charge in [-0.2, -0.15) is 0 Å². The quantitative estimate of drug-likeness (QED) is 0.665. The molecule has 4 rings (SSSR count). The van der Waals surface area contributed by atoms with Gasteiger partial charge in [-0.25, -0.2) is 13.4 Å². The van der Waals surface area contributed by atoms with Crippen molar-refractivity contribution in [1.29, 1.82) is 0 Å². The minimum Gasteiger partial charge on any atom is -0.479 e. The van der Waals surface area contributed by atoms with E-state index in [1.54, 1.807) is 37.4 Å². The molecular weight excluding hydrogens is 404 g/mol. The highest BCUT2D eigenvalue weighted by atomic mass is 32.2. The number of nitrogens with zero attached hydrogens (tertiary/aromatic N) is 2. The molecule has 1 amide bonds. The van der Waals surface area contributed by atoms with E-state index in [9.17, 15) is 13.2 Å². The fourth-order valence-corrected chi connectivity index (χ4v) is 5.15. The Labute approximate surface area is 164 Å². The average molecular weight is 420 g/mol. The predicted octanol–water partition coefficient (Wildman–Crippen LogP) is 2.94. The standard InChI is InChI=1S/C17H16N4O5S2/c1-8-15(9(2)26-20-8)28(23,24)21-17-19-13(7-27-17)11-4-5-14-12(6-11)18-16(22)10(3)25-14/h4-7,10H,1-3H3,(H,18,22)(H,19,21). The lowest BCUT2D eigenvalue weighted by Crippen LogP contribution is -2.34. The summed E-state index contributed by atoms with van der Waals surface area (Å²) >= 11 is 1.15. The number of anilines is 2. The zero-order chi connectivity index (χ0) is 20.1. The second-order valence-electron chi connectivity index (χ2n) is 6.26. The summed E-state index contributed by atoms with van der Waals surface area (Å²) in [5.74, 6) is 0.558. The van der Waals surface area contributed by atoms with Gasteiger partial charge in [0.15, 0.2) is 21.9 Å². The summed E-state index contributed by atoms with van der Waals surface area (Å²) in [6, 6.07) is 5.28. The van der Waals surface area contributed by atoms with E-state index in [1.165, 1.54) is 6.92 Å². The molecule has 28 heavy (non-hydrogen) atoms. The third-order valence-corrected chi connectivity index (χ3v) is 6.64. The molecule has 0 saturated carbocycles. The summed E-state index contributed by atoms with van der Waals surface area (Å²) in [5.41, 5.74) is 2.11. The van der Waals surface area contributed by atoms with Crippen LogP contribution in [0, 0.1) is 13.8 Å². The normalized spacial score (nSPS) is 16.2. The molecule has 11 heteroatoms. The lowest BCUT2D eigenvalue weighted by molar-refractivity contribution is -0.122. The van der Waals surface area contributed by atoms with Gasteiger partial charge >= 0.3 is 0 Å². The number of rotatable bonds is 4. The molecule has 1 aromatic carbocycles. The number of aromatic nitrogens is 2. The van der Waals surface area contributed by atoms with Crippen molar-refractivity contribution in [3.63, 3.8) is 0 Å². The van der Waals surface area contributed by atoms with Crippen LogP contribution in [0.15, 0.2) is 33.0 Å². The monoisotopic (exact) mass is 420 g/mol. The van der Waals surface area contributed by atoms with E-state index in [0.29, 0.717) is 17.1 Å². The first-order valence-electron chi connectivity index (χ1n) is 8.28. The average Bonchev–Trinajstić information content (AvgIpc) is 3.21. The Morgan fingerprint density at radius 2 is 2.07 bits per heavy atom. The molecule has 0 fully saturated rings. The van der Waals surface area contributed by atoms with Crippen molar-refractivity contribution in [3.8, 4) is 17.0 Å². The molecule has 0 radical (unpaired) electrons. The zero-order valence-electron chi connectivity index (χ0n) is 15.1. The van der Waals surface area contributed by atoms with Crippen molar-refractivity contribution in [2.45, 2.75) is 31.8 Å². The smallest absolute Gasteiger partial charge is 0.269 e. The number of hydrogen-bond acceptors (Lipinski definition) is 8. The van der Waals surface area contributed by atoms with Gasteiger partial charge in [-0.15, -0.1) is 11.3 Å². The van der Waals surface area contributed by atoms with Gasteiger partial charge in [0, 0.05) is 10.9 Å². The van der Waals surface area contributed by atoms with Gasteiger partial charge in [0.2, 0.25) is 0 Å². The maximum absolute atomic E-state index is 12.6. The summed E-state index contributed by atoms with van der Waals surface area (Å²) in [6.45, 7) is 4.76. The maximum atomic E-state index is 12.6. The molecule has 0 bridgehead atoms. The first-order chi connectivity index (χ1) is 13.2. The lowest BCUT2D eigenvalue weighted by atomic mass is 10.1. The number of thiazole rings is 1. The van der Waals surface area contributed by atoms with E-state index >= 15 is 0 Å². The van der Waals surface area contributed by atoms with Gasteiger partial charge in [0.1, 0.15) is 11.4 Å². The third-order valence-electron chi connectivity index (χ3n) is 4.17. The summed E-state index contributed by atoms with van der Waals surface area (Å²) < 4.78 is 38.1. The number of benzene rings is 1. The topological polar surface area (TPSA) is 123 Å². The van der Waals surface area contributed by atoms with Crippen LogP contribution in [0.5, 0.6) is 5.75 Å². The van der Waals surface area contributed by atoms with Crippen LogP contribution in [-0.4, -0.2) is 30.6 Å². The van der Waals surface area contributed by atoms with Crippen LogP contribution in [-0.2, 0) is 14.8 Å². The number of fused-ring (bicyclic) bond motifs is 1. The Morgan fingerprint density at radius 3 is 2.79 bits per heavy atom. The molecule has 0 spiro atoms. The first kappa shape index (κ1) is 18.4. The third kappa shape index (κ3) is 3.22. The number of hydrogen-bond donors (Lipinski definition) is 2. The van der Waals surface area contributed by atoms with E-state index in [0.717, 1.165) is 16.9 Å². The van der Waals surface area contributed by atoms with Gasteiger partial charge in [0.25, 0.3) is 15.9 Å². The van der Waals surface area contributed by atoms with Crippen LogP contribution in [0.4, 0.5) is 10.8 Å². The maximum Gasteiger partial charge on any atom is 0.269 e. The molecule has 3 aromatic rings. The van der Waals surface area contributed by atoms with Crippen molar-refractivity contribution < 1.29 is 22.5 Å². The highest BCUT2D eigenvalue weighted by Gasteiger charge is 2.26. The molecule has 0 aliphatic carbocycles. The number of aryl methyl sites for hydroxylation is 2. The van der Waals surface area contributed by atoms with Gasteiger partial charge in [-0.1, -0.05) is 5.16 Å². The minimum atomic E-state index is -3.86. The minimum absolute atomic E-state index is 0.00649. The van der Waals surface area contributed by atoms with Crippen LogP contribution in [0.25, 0.3) is 11.3 Å². The Bertz CT molecular complexity index is 1160. The van der Waals surface area contributed by atoms with Crippen LogP contribution in [0.2, 0.25) is 0 Å². The zero-order valence-corrected chi connectivity index (χ0v) is 16.8. The van der Waals surface area contributed by atoms with Crippen LogP contribution < -0.4 is 14.8 Å². The molecule has 2 aromatic heterocycles. The molecule has 1 atom stereocenters. The number of ether oxygens (including phenoxy) is 1. The number of nitrogens with one attached hydrogen (secondary N) is 2. The van der Waals surface area contributed by atoms with Crippen LogP contribution >= 0.6 is 11.3 Å². The summed E-state index contributed by atoms with van der Waals surface area (Å²) in [7, 11) is -3.86. The second kappa shape index (κ2) is 6.60. The van der Waals surface area contributed by atoms with Gasteiger partial charge in [-0.05, 0) is 39.0 Å². The molecule has 9 nitrogen and oxygen atoms in total. The summed E-state index contributed by atoms with van der Waals surface area (Å²) in [5, 5.41) is 8.38. The number of amides is 1. The van der Waals surface area contributed by atoms with E-state index in [4.69, 9.17) is 9.26 Å². The Morgan fingerprint density at radius 1 is 1.29 bits per heavy atom. The van der Waals surface area contributed by atoms with E-state index in [-0.39, 0.29) is 27.4 Å². The lowest BCUT2D eigenvalue weighted by Gasteiger charge is -2.23. The molecule has 1 unspecified atom stereocenters. The first-order valence-corrected chi connectivity index (χ1v) is 10.6. The fraction of sp³-hybridized carbons (Fsp3) is 0.235. The van der Waals surface area contributed by atoms with Gasteiger partial charge < -0.3 is 14.6 Å².